The third-order valence-electron chi connectivity index (χ3n) is 6.07. The van der Waals surface area contributed by atoms with Gasteiger partial charge in [-0.25, -0.2) is 33.4 Å². The van der Waals surface area contributed by atoms with Crippen LogP contribution in [0, 0.1) is 11.6 Å². The van der Waals surface area contributed by atoms with E-state index in [-0.39, 0.29) is 12.1 Å². The largest absolute Gasteiger partial charge is 0.381 e. The average molecular weight is 566 g/mol. The molecule has 0 radical (unpaired) electrons. The first-order chi connectivity index (χ1) is 17.9. The van der Waals surface area contributed by atoms with Crippen LogP contribution in [0.4, 0.5) is 8.78 Å². The van der Waals surface area contributed by atoms with Crippen molar-refractivity contribution in [2.45, 2.75) is 38.1 Å². The Bertz CT molecular complexity index is 1480. The number of aliphatic hydroxyl groups is 1. The molecular weight excluding hydrogens is 540 g/mol. The van der Waals surface area contributed by atoms with Crippen LogP contribution >= 0.6 is 11.3 Å². The minimum Gasteiger partial charge on any atom is -0.381 e. The van der Waals surface area contributed by atoms with Gasteiger partial charge in [0, 0.05) is 60.0 Å². The van der Waals surface area contributed by atoms with Crippen LogP contribution in [0.5, 0.6) is 0 Å². The lowest BCUT2D eigenvalue weighted by atomic mass is 9.85. The molecule has 0 spiro atoms. The van der Waals surface area contributed by atoms with Crippen molar-refractivity contribution in [1.82, 2.24) is 34.6 Å². The van der Waals surface area contributed by atoms with Gasteiger partial charge in [0.15, 0.2) is 0 Å². The number of rotatable bonds is 6. The highest BCUT2D eigenvalue weighted by Crippen LogP contribution is 2.37. The zero-order valence-electron chi connectivity index (χ0n) is 20.4. The number of aromatic nitrogens is 6. The second-order valence-electron chi connectivity index (χ2n) is 8.79. The monoisotopic (exact) mass is 565 g/mol. The lowest BCUT2D eigenvalue weighted by molar-refractivity contribution is -0.0675. The van der Waals surface area contributed by atoms with Gasteiger partial charge < -0.3 is 5.11 Å². The van der Waals surface area contributed by atoms with E-state index in [2.05, 4.69) is 25.0 Å². The normalized spacial score (nSPS) is 16.2. The summed E-state index contributed by atoms with van der Waals surface area (Å²) >= 11 is 1.56. The molecule has 2 N–H and O–H groups in total. The molecule has 5 rings (SSSR count). The van der Waals surface area contributed by atoms with Crippen LogP contribution in [0.25, 0.3) is 10.6 Å². The van der Waals surface area contributed by atoms with E-state index in [4.69, 9.17) is 9.54 Å². The number of halogens is 2. The summed E-state index contributed by atoms with van der Waals surface area (Å²) in [6.45, 7) is 2.99. The van der Waals surface area contributed by atoms with Crippen LogP contribution in [-0.4, -0.2) is 71.5 Å². The van der Waals surface area contributed by atoms with Crippen LogP contribution < -0.4 is 0 Å². The van der Waals surface area contributed by atoms with E-state index in [0.29, 0.717) is 25.8 Å². The number of hydrogen-bond donors (Lipinski definition) is 2. The van der Waals surface area contributed by atoms with E-state index < -0.39 is 33.4 Å². The predicted molar refractivity (Wildman–Crippen MR) is 134 cm³/mol. The van der Waals surface area contributed by atoms with Gasteiger partial charge in [0.2, 0.25) is 0 Å². The fourth-order valence-electron chi connectivity index (χ4n) is 4.23. The minimum atomic E-state index is -3.67. The van der Waals surface area contributed by atoms with Crippen molar-refractivity contribution in [3.05, 3.63) is 77.3 Å². The first kappa shape index (κ1) is 27.8. The first-order valence-electron chi connectivity index (χ1n) is 11.3. The van der Waals surface area contributed by atoms with Crippen LogP contribution in [0.2, 0.25) is 0 Å². The molecule has 15 heteroatoms. The maximum Gasteiger partial charge on any atom is 0.261 e. The van der Waals surface area contributed by atoms with Crippen LogP contribution in [0.15, 0.2) is 49.6 Å². The Morgan fingerprint density at radius 1 is 1.18 bits per heavy atom. The molecule has 11 nitrogen and oxygen atoms in total. The molecule has 0 saturated heterocycles. The summed E-state index contributed by atoms with van der Waals surface area (Å²) in [7, 11) is -3.67. The van der Waals surface area contributed by atoms with Gasteiger partial charge in [0.25, 0.3) is 10.1 Å². The van der Waals surface area contributed by atoms with Crippen molar-refractivity contribution in [1.29, 1.82) is 0 Å². The summed E-state index contributed by atoms with van der Waals surface area (Å²) in [5.74, 6) is -1.50. The summed E-state index contributed by atoms with van der Waals surface area (Å²) in [6.07, 6.45) is 9.15. The second-order valence-corrected chi connectivity index (χ2v) is 11.3. The van der Waals surface area contributed by atoms with E-state index in [1.54, 1.807) is 23.7 Å². The molecule has 0 bridgehead atoms. The molecule has 4 aromatic rings. The Morgan fingerprint density at radius 3 is 2.53 bits per heavy atom. The van der Waals surface area contributed by atoms with Gasteiger partial charge in [-0.05, 0) is 13.0 Å². The molecule has 0 fully saturated rings. The van der Waals surface area contributed by atoms with Gasteiger partial charge in [-0.2, -0.15) is 13.5 Å². The van der Waals surface area contributed by atoms with Gasteiger partial charge in [-0.3, -0.25) is 9.45 Å². The summed E-state index contributed by atoms with van der Waals surface area (Å²) in [6, 6.07) is 2.73. The molecule has 202 valence electrons. The first-order valence-corrected chi connectivity index (χ1v) is 14.0. The molecule has 0 aliphatic carbocycles. The molecule has 1 aliphatic rings. The van der Waals surface area contributed by atoms with Gasteiger partial charge in [0.05, 0.1) is 18.5 Å². The third-order valence-corrected chi connectivity index (χ3v) is 7.21. The highest BCUT2D eigenvalue weighted by atomic mass is 32.2. The standard InChI is InChI=1S/C22H21F2N7OS.CH4O3S/c1-14(22(32,10-31-13-27-12-28-31)17-3-2-16(23)6-18(17)24)30-5-4-19-20(9-30)33-21(29-19)15-7-25-11-26-8-15;1-5(2,3)4/h2-3,6-8,11-14,32H,4-5,9-10H2,1H3;1H3,(H,2,3,4)/t14-,22-;/m1./s1. The van der Waals surface area contributed by atoms with Crippen molar-refractivity contribution in [3.8, 4) is 10.6 Å². The molecule has 0 unspecified atom stereocenters. The smallest absolute Gasteiger partial charge is 0.261 e. The van der Waals surface area contributed by atoms with Crippen molar-refractivity contribution >= 4 is 21.5 Å². The lowest BCUT2D eigenvalue weighted by Crippen LogP contribution is -2.53. The molecule has 0 saturated carbocycles. The summed E-state index contributed by atoms with van der Waals surface area (Å²) < 4.78 is 55.8. The molecule has 4 heterocycles. The summed E-state index contributed by atoms with van der Waals surface area (Å²) in [5.41, 5.74) is 0.204. The van der Waals surface area contributed by atoms with Gasteiger partial charge in [-0.15, -0.1) is 11.3 Å². The maximum atomic E-state index is 14.8. The Balaban J connectivity index is 0.000000617. The van der Waals surface area contributed by atoms with Gasteiger partial charge >= 0.3 is 0 Å². The van der Waals surface area contributed by atoms with Crippen molar-refractivity contribution in [2.24, 2.45) is 0 Å². The lowest BCUT2D eigenvalue weighted by Gasteiger charge is -2.42. The van der Waals surface area contributed by atoms with Gasteiger partial charge in [-0.1, -0.05) is 6.07 Å². The zero-order chi connectivity index (χ0) is 27.5. The van der Waals surface area contributed by atoms with Crippen molar-refractivity contribution in [3.63, 3.8) is 0 Å². The second kappa shape index (κ2) is 11.2. The van der Waals surface area contributed by atoms with E-state index >= 15 is 0 Å². The van der Waals surface area contributed by atoms with E-state index in [1.807, 2.05) is 6.92 Å². The summed E-state index contributed by atoms with van der Waals surface area (Å²) in [5, 5.41) is 16.8. The van der Waals surface area contributed by atoms with Crippen LogP contribution in [-0.2, 0) is 35.2 Å². The Hall–Kier alpha value is -3.24. The fraction of sp³-hybridized carbons (Fsp3) is 0.348. The zero-order valence-corrected chi connectivity index (χ0v) is 22.1. The SMILES string of the molecule is CS(=O)(=O)O.C[C@@H](N1CCc2nc(-c3cncnc3)sc2C1)[C@](O)(Cn1cncn1)c1ccc(F)cc1F. The number of thiazole rings is 1. The quantitative estimate of drug-likeness (QED) is 0.334. The topological polar surface area (TPSA) is 147 Å². The molecule has 1 aliphatic heterocycles. The highest BCUT2D eigenvalue weighted by molar-refractivity contribution is 7.85. The molecule has 1 aromatic carbocycles. The Kier molecular flexibility index (Phi) is 8.22. The maximum absolute atomic E-state index is 14.8. The van der Waals surface area contributed by atoms with E-state index in [9.17, 15) is 22.3 Å². The number of hydrogen-bond acceptors (Lipinski definition) is 10. The highest BCUT2D eigenvalue weighted by Gasteiger charge is 2.43. The molecule has 38 heavy (non-hydrogen) atoms. The number of benzene rings is 1. The Morgan fingerprint density at radius 2 is 1.89 bits per heavy atom. The number of nitrogens with zero attached hydrogens (tertiary/aromatic N) is 7. The predicted octanol–water partition coefficient (Wildman–Crippen LogP) is 2.31. The van der Waals surface area contributed by atoms with Crippen molar-refractivity contribution < 1.29 is 26.9 Å². The van der Waals surface area contributed by atoms with E-state index in [1.165, 1.54) is 29.7 Å². The van der Waals surface area contributed by atoms with Gasteiger partial charge in [0.1, 0.15) is 41.2 Å². The fourth-order valence-corrected chi connectivity index (χ4v) is 5.33. The third kappa shape index (κ3) is 6.60. The number of fused-ring (bicyclic) bond motifs is 1. The summed E-state index contributed by atoms with van der Waals surface area (Å²) in [4.78, 5) is 20.0. The molecule has 0 amide bonds. The van der Waals surface area contributed by atoms with Crippen LogP contribution in [0.3, 0.4) is 0 Å². The van der Waals surface area contributed by atoms with E-state index in [0.717, 1.165) is 33.3 Å². The Labute approximate surface area is 221 Å². The molecule has 3 aromatic heterocycles. The molecular formula is C23H25F2N7O4S2. The van der Waals surface area contributed by atoms with Crippen molar-refractivity contribution in [2.75, 3.05) is 12.8 Å². The minimum absolute atomic E-state index is 0.0177. The average Bonchev–Trinajstić information content (AvgIpc) is 3.52. The molecule has 2 atom stereocenters. The van der Waals surface area contributed by atoms with Crippen LogP contribution in [0.1, 0.15) is 23.1 Å².